The molecule has 1 aromatic heterocycles. The van der Waals surface area contributed by atoms with Crippen molar-refractivity contribution < 1.29 is 14.3 Å². The summed E-state index contributed by atoms with van der Waals surface area (Å²) in [5.74, 6) is 1.20. The molecule has 1 saturated heterocycles. The second kappa shape index (κ2) is 12.3. The lowest BCUT2D eigenvalue weighted by molar-refractivity contribution is 0.0365. The second-order valence-corrected chi connectivity index (χ2v) is 10.4. The first-order chi connectivity index (χ1) is 17.5. The molecule has 3 heterocycles. The maximum atomic E-state index is 11.8. The molecule has 0 radical (unpaired) electrons. The smallest absolute Gasteiger partial charge is 0.161 e. The van der Waals surface area contributed by atoms with Crippen molar-refractivity contribution in [2.75, 3.05) is 39.5 Å². The van der Waals surface area contributed by atoms with Gasteiger partial charge in [-0.25, -0.2) is 0 Å². The van der Waals surface area contributed by atoms with Gasteiger partial charge in [0.25, 0.3) is 0 Å². The van der Waals surface area contributed by atoms with Gasteiger partial charge in [0.1, 0.15) is 5.75 Å². The second-order valence-electron chi connectivity index (χ2n) is 9.97. The van der Waals surface area contributed by atoms with Crippen LogP contribution in [0.15, 0.2) is 48.7 Å². The first-order valence-corrected chi connectivity index (χ1v) is 13.7. The Balaban J connectivity index is 0.000000179. The number of halogens is 1. The Hall–Kier alpha value is -2.34. The van der Waals surface area contributed by atoms with Crippen LogP contribution in [0.25, 0.3) is 10.9 Å². The Labute approximate surface area is 220 Å². The number of Topliss-reactive ketones (excluding diaryl/α,β-unsaturated/α-hetero) is 1. The Bertz CT molecular complexity index is 1150. The van der Waals surface area contributed by atoms with E-state index in [0.29, 0.717) is 10.4 Å². The molecule has 3 aromatic rings. The van der Waals surface area contributed by atoms with Crippen LogP contribution in [0.3, 0.4) is 0 Å². The molecular formula is C30H39ClN2O3. The van der Waals surface area contributed by atoms with Crippen molar-refractivity contribution in [1.82, 2.24) is 9.47 Å². The zero-order valence-electron chi connectivity index (χ0n) is 21.9. The summed E-state index contributed by atoms with van der Waals surface area (Å²) in [6, 6.07) is 14.2. The van der Waals surface area contributed by atoms with Crippen molar-refractivity contribution in [3.63, 3.8) is 0 Å². The summed E-state index contributed by atoms with van der Waals surface area (Å²) in [6.07, 6.45) is 6.91. The van der Waals surface area contributed by atoms with Crippen molar-refractivity contribution in [3.8, 4) is 5.75 Å². The lowest BCUT2D eigenvalue weighted by Crippen LogP contribution is -2.38. The molecule has 0 atom stereocenters. The van der Waals surface area contributed by atoms with Gasteiger partial charge in [0, 0.05) is 59.3 Å². The average molecular weight is 511 g/mol. The summed E-state index contributed by atoms with van der Waals surface area (Å²) in [7, 11) is 0. The maximum Gasteiger partial charge on any atom is 0.161 e. The van der Waals surface area contributed by atoms with Crippen LogP contribution in [0.2, 0.25) is 5.02 Å². The van der Waals surface area contributed by atoms with E-state index in [1.807, 2.05) is 24.4 Å². The summed E-state index contributed by atoms with van der Waals surface area (Å²) in [5.41, 5.74) is 3.54. The Morgan fingerprint density at radius 2 is 1.75 bits per heavy atom. The molecule has 2 aliphatic rings. The predicted molar refractivity (Wildman–Crippen MR) is 148 cm³/mol. The molecule has 0 aliphatic carbocycles. The average Bonchev–Trinajstić information content (AvgIpc) is 3.43. The third-order valence-electron chi connectivity index (χ3n) is 7.40. The molecule has 0 amide bonds. The van der Waals surface area contributed by atoms with Crippen LogP contribution in [-0.4, -0.2) is 54.7 Å². The molecule has 0 bridgehead atoms. The van der Waals surface area contributed by atoms with Gasteiger partial charge in [-0.2, -0.15) is 0 Å². The number of carbonyl (C=O) groups is 1. The van der Waals surface area contributed by atoms with E-state index in [1.54, 1.807) is 6.92 Å². The highest BCUT2D eigenvalue weighted by Crippen LogP contribution is 2.44. The summed E-state index contributed by atoms with van der Waals surface area (Å²) in [4.78, 5) is 14.2. The van der Waals surface area contributed by atoms with Gasteiger partial charge in [-0.3, -0.25) is 9.69 Å². The number of carbonyl (C=O) groups excluding carboxylic acids is 1. The Morgan fingerprint density at radius 3 is 2.44 bits per heavy atom. The molecule has 2 aliphatic heterocycles. The molecule has 5 nitrogen and oxygen atoms in total. The van der Waals surface area contributed by atoms with Gasteiger partial charge >= 0.3 is 0 Å². The van der Waals surface area contributed by atoms with E-state index in [9.17, 15) is 4.79 Å². The third kappa shape index (κ3) is 5.96. The number of ketones is 1. The molecule has 0 spiro atoms. The SMILES string of the molecule is CC(=O)c1cn(CCN2CCOCC2)c2cc(Cl)ccc12.CCCC1(CCC)COc2ccccc21. The number of rotatable bonds is 8. The number of hydrogen-bond donors (Lipinski definition) is 0. The molecule has 1 fully saturated rings. The predicted octanol–water partition coefficient (Wildman–Crippen LogP) is 6.75. The van der Waals surface area contributed by atoms with Crippen LogP contribution >= 0.6 is 11.6 Å². The monoisotopic (exact) mass is 510 g/mol. The largest absolute Gasteiger partial charge is 0.492 e. The van der Waals surface area contributed by atoms with Crippen LogP contribution < -0.4 is 4.74 Å². The summed E-state index contributed by atoms with van der Waals surface area (Å²) < 4.78 is 13.3. The zero-order valence-corrected chi connectivity index (χ0v) is 22.7. The summed E-state index contributed by atoms with van der Waals surface area (Å²) in [5, 5.41) is 1.68. The standard InChI is InChI=1S/C16H19ClN2O2.C14H20O/c1-12(20)15-11-19(5-4-18-6-8-21-9-7-18)16-10-13(17)2-3-14(15)16;1-3-9-14(10-4-2)11-15-13-8-6-5-7-12(13)14/h2-3,10-11H,4-9H2,1H3;5-8H,3-4,9-11H2,1-2H3. The minimum atomic E-state index is 0.0902. The van der Waals surface area contributed by atoms with Crippen LogP contribution in [0.4, 0.5) is 0 Å². The highest BCUT2D eigenvalue weighted by Gasteiger charge is 2.38. The normalized spacial score (nSPS) is 16.8. The maximum absolute atomic E-state index is 11.8. The van der Waals surface area contributed by atoms with Crippen molar-refractivity contribution in [2.45, 2.75) is 58.4 Å². The van der Waals surface area contributed by atoms with Crippen molar-refractivity contribution in [1.29, 1.82) is 0 Å². The summed E-state index contributed by atoms with van der Waals surface area (Å²) >= 11 is 6.10. The minimum Gasteiger partial charge on any atom is -0.492 e. The van der Waals surface area contributed by atoms with E-state index in [-0.39, 0.29) is 5.78 Å². The van der Waals surface area contributed by atoms with Gasteiger partial charge < -0.3 is 14.0 Å². The lowest BCUT2D eigenvalue weighted by atomic mass is 9.75. The number of fused-ring (bicyclic) bond motifs is 2. The van der Waals surface area contributed by atoms with Gasteiger partial charge in [0.05, 0.1) is 25.3 Å². The van der Waals surface area contributed by atoms with E-state index in [0.717, 1.165) is 68.2 Å². The summed E-state index contributed by atoms with van der Waals surface area (Å²) in [6.45, 7) is 12.4. The first kappa shape index (κ1) is 26.7. The Kier molecular flexibility index (Phi) is 9.10. The number of morpholine rings is 1. The molecule has 36 heavy (non-hydrogen) atoms. The molecular weight excluding hydrogens is 472 g/mol. The number of aromatic nitrogens is 1. The Morgan fingerprint density at radius 1 is 1.03 bits per heavy atom. The number of benzene rings is 2. The number of hydrogen-bond acceptors (Lipinski definition) is 4. The van der Waals surface area contributed by atoms with Crippen molar-refractivity contribution in [3.05, 3.63) is 64.8 Å². The van der Waals surface area contributed by atoms with E-state index >= 15 is 0 Å². The van der Waals surface area contributed by atoms with Gasteiger partial charge in [0.2, 0.25) is 0 Å². The molecule has 0 N–H and O–H groups in total. The van der Waals surface area contributed by atoms with Crippen LogP contribution in [0.5, 0.6) is 5.75 Å². The molecule has 2 aromatic carbocycles. The third-order valence-corrected chi connectivity index (χ3v) is 7.64. The molecule has 5 rings (SSSR count). The molecule has 0 saturated carbocycles. The van der Waals surface area contributed by atoms with Crippen LogP contribution in [-0.2, 0) is 16.7 Å². The number of ether oxygens (including phenoxy) is 2. The molecule has 194 valence electrons. The quantitative estimate of drug-likeness (QED) is 0.314. The van der Waals surface area contributed by atoms with Gasteiger partial charge in [-0.15, -0.1) is 0 Å². The van der Waals surface area contributed by atoms with Gasteiger partial charge in [0.15, 0.2) is 5.78 Å². The zero-order chi connectivity index (χ0) is 25.5. The van der Waals surface area contributed by atoms with E-state index in [2.05, 4.69) is 47.6 Å². The minimum absolute atomic E-state index is 0.0902. The molecule has 0 unspecified atom stereocenters. The van der Waals surface area contributed by atoms with Gasteiger partial charge in [-0.1, -0.05) is 62.6 Å². The van der Waals surface area contributed by atoms with Crippen LogP contribution in [0.1, 0.15) is 62.4 Å². The highest BCUT2D eigenvalue weighted by atomic mass is 35.5. The van der Waals surface area contributed by atoms with Gasteiger partial charge in [-0.05, 0) is 38.0 Å². The van der Waals surface area contributed by atoms with E-state index in [1.165, 1.54) is 31.2 Å². The first-order valence-electron chi connectivity index (χ1n) is 13.3. The van der Waals surface area contributed by atoms with Crippen LogP contribution in [0, 0.1) is 0 Å². The fourth-order valence-corrected chi connectivity index (χ4v) is 5.79. The van der Waals surface area contributed by atoms with E-state index in [4.69, 9.17) is 21.1 Å². The van der Waals surface area contributed by atoms with E-state index < -0.39 is 0 Å². The fraction of sp³-hybridized carbons (Fsp3) is 0.500. The number of para-hydroxylation sites is 1. The fourth-order valence-electron chi connectivity index (χ4n) is 5.62. The lowest BCUT2D eigenvalue weighted by Gasteiger charge is -2.27. The molecule has 6 heteroatoms. The van der Waals surface area contributed by atoms with Crippen molar-refractivity contribution in [2.24, 2.45) is 0 Å². The highest BCUT2D eigenvalue weighted by molar-refractivity contribution is 6.31. The van der Waals surface area contributed by atoms with Crippen molar-refractivity contribution >= 4 is 28.3 Å². The topological polar surface area (TPSA) is 43.7 Å². The number of nitrogens with zero attached hydrogens (tertiary/aromatic N) is 2.